The Hall–Kier alpha value is -2.38. The van der Waals surface area contributed by atoms with Crippen molar-refractivity contribution in [2.45, 2.75) is 30.3 Å². The highest BCUT2D eigenvalue weighted by atomic mass is 32.2. The molecule has 0 unspecified atom stereocenters. The van der Waals surface area contributed by atoms with Crippen LogP contribution in [0, 0.1) is 0 Å². The minimum Gasteiger partial charge on any atom is -0.368 e. The van der Waals surface area contributed by atoms with Crippen molar-refractivity contribution < 1.29 is 17.9 Å². The summed E-state index contributed by atoms with van der Waals surface area (Å²) in [7, 11) is -3.62. The highest BCUT2D eigenvalue weighted by Gasteiger charge is 2.30. The molecule has 1 atom stereocenters. The summed E-state index contributed by atoms with van der Waals surface area (Å²) >= 11 is 0. The second-order valence-corrected chi connectivity index (χ2v) is 8.33. The third-order valence-corrected chi connectivity index (χ3v) is 6.60. The van der Waals surface area contributed by atoms with Crippen LogP contribution in [0.15, 0.2) is 53.4 Å². The van der Waals surface area contributed by atoms with E-state index in [0.717, 1.165) is 17.7 Å². The Balaban J connectivity index is 1.52. The number of carbonyl (C=O) groups excluding carboxylic acids is 1. The van der Waals surface area contributed by atoms with Gasteiger partial charge in [0.1, 0.15) is 6.10 Å². The molecule has 136 valence electrons. The summed E-state index contributed by atoms with van der Waals surface area (Å²) < 4.78 is 32.7. The molecule has 4 rings (SSSR count). The number of anilines is 2. The van der Waals surface area contributed by atoms with Crippen LogP contribution in [0.25, 0.3) is 0 Å². The average molecular weight is 372 g/mol. The molecule has 1 N–H and O–H groups in total. The molecular weight excluding hydrogens is 352 g/mol. The summed E-state index contributed by atoms with van der Waals surface area (Å²) in [4.78, 5) is 12.3. The summed E-state index contributed by atoms with van der Waals surface area (Å²) in [5.74, 6) is -0.188. The highest BCUT2D eigenvalue weighted by molar-refractivity contribution is 7.92. The Labute approximate surface area is 152 Å². The van der Waals surface area contributed by atoms with Crippen LogP contribution < -0.4 is 9.62 Å². The van der Waals surface area contributed by atoms with Crippen molar-refractivity contribution in [3.8, 4) is 0 Å². The molecule has 1 saturated heterocycles. The van der Waals surface area contributed by atoms with E-state index in [2.05, 4.69) is 5.32 Å². The first kappa shape index (κ1) is 17.1. The monoisotopic (exact) mass is 372 g/mol. The lowest BCUT2D eigenvalue weighted by Gasteiger charge is -2.19. The predicted octanol–water partition coefficient (Wildman–Crippen LogP) is 2.56. The molecule has 0 saturated carbocycles. The summed E-state index contributed by atoms with van der Waals surface area (Å²) in [6.07, 6.45) is 1.89. The fraction of sp³-hybridized carbons (Fsp3) is 0.316. The summed E-state index contributed by atoms with van der Waals surface area (Å²) in [5, 5.41) is 2.78. The van der Waals surface area contributed by atoms with Crippen molar-refractivity contribution in [1.82, 2.24) is 0 Å². The number of benzene rings is 2. The van der Waals surface area contributed by atoms with Gasteiger partial charge in [-0.05, 0) is 55.2 Å². The van der Waals surface area contributed by atoms with Gasteiger partial charge in [-0.15, -0.1) is 0 Å². The van der Waals surface area contributed by atoms with Crippen LogP contribution in [0.2, 0.25) is 0 Å². The van der Waals surface area contributed by atoms with Gasteiger partial charge in [-0.3, -0.25) is 9.10 Å². The van der Waals surface area contributed by atoms with Gasteiger partial charge in [-0.2, -0.15) is 0 Å². The maximum absolute atomic E-state index is 13.0. The van der Waals surface area contributed by atoms with Gasteiger partial charge < -0.3 is 10.1 Å². The fourth-order valence-corrected chi connectivity index (χ4v) is 4.91. The van der Waals surface area contributed by atoms with E-state index in [9.17, 15) is 13.2 Å². The third-order valence-electron chi connectivity index (χ3n) is 4.78. The molecule has 0 bridgehead atoms. The molecule has 2 aliphatic rings. The number of ether oxygens (including phenoxy) is 1. The van der Waals surface area contributed by atoms with E-state index in [0.29, 0.717) is 31.7 Å². The van der Waals surface area contributed by atoms with Gasteiger partial charge in [0.15, 0.2) is 0 Å². The van der Waals surface area contributed by atoms with Crippen molar-refractivity contribution >= 4 is 27.3 Å². The van der Waals surface area contributed by atoms with Crippen LogP contribution in [0.4, 0.5) is 11.4 Å². The Morgan fingerprint density at radius 3 is 2.62 bits per heavy atom. The number of carbonyl (C=O) groups is 1. The van der Waals surface area contributed by atoms with Crippen LogP contribution in [-0.2, 0) is 26.0 Å². The van der Waals surface area contributed by atoms with Gasteiger partial charge in [0, 0.05) is 18.8 Å². The molecular formula is C19H20N2O4S. The predicted molar refractivity (Wildman–Crippen MR) is 98.7 cm³/mol. The van der Waals surface area contributed by atoms with E-state index in [1.54, 1.807) is 12.1 Å². The highest BCUT2D eigenvalue weighted by Crippen LogP contribution is 2.32. The number of sulfonamides is 1. The maximum Gasteiger partial charge on any atom is 0.264 e. The lowest BCUT2D eigenvalue weighted by atomic mass is 10.2. The fourth-order valence-electron chi connectivity index (χ4n) is 3.40. The Kier molecular flexibility index (Phi) is 4.42. The zero-order valence-corrected chi connectivity index (χ0v) is 15.0. The van der Waals surface area contributed by atoms with Gasteiger partial charge in [-0.25, -0.2) is 8.42 Å². The molecule has 0 aliphatic carbocycles. The van der Waals surface area contributed by atoms with Crippen molar-refractivity contribution in [2.24, 2.45) is 0 Å². The second-order valence-electron chi connectivity index (χ2n) is 6.47. The molecule has 2 heterocycles. The van der Waals surface area contributed by atoms with Gasteiger partial charge in [0.05, 0.1) is 10.6 Å². The zero-order valence-electron chi connectivity index (χ0n) is 14.2. The van der Waals surface area contributed by atoms with Crippen molar-refractivity contribution in [1.29, 1.82) is 0 Å². The molecule has 2 aromatic carbocycles. The van der Waals surface area contributed by atoms with E-state index >= 15 is 0 Å². The summed E-state index contributed by atoms with van der Waals surface area (Å²) in [6, 6.07) is 13.8. The Bertz CT molecular complexity index is 919. The molecule has 26 heavy (non-hydrogen) atoms. The number of nitrogens with zero attached hydrogens (tertiary/aromatic N) is 1. The Morgan fingerprint density at radius 1 is 1.12 bits per heavy atom. The topological polar surface area (TPSA) is 75.7 Å². The average Bonchev–Trinajstić information content (AvgIpc) is 3.32. The summed E-state index contributed by atoms with van der Waals surface area (Å²) in [6.45, 7) is 1.05. The SMILES string of the molecule is O=C(Nc1ccc(S(=O)(=O)N2CCc3ccccc32)cc1)[C@@H]1CCCO1. The number of nitrogens with one attached hydrogen (secondary N) is 1. The van der Waals surface area contributed by atoms with E-state index in [4.69, 9.17) is 4.74 Å². The van der Waals surface area contributed by atoms with Gasteiger partial charge in [0.2, 0.25) is 0 Å². The first-order chi connectivity index (χ1) is 12.6. The summed E-state index contributed by atoms with van der Waals surface area (Å²) in [5.41, 5.74) is 2.34. The van der Waals surface area contributed by atoms with E-state index in [1.807, 2.05) is 24.3 Å². The number of fused-ring (bicyclic) bond motifs is 1. The number of hydrogen-bond acceptors (Lipinski definition) is 4. The maximum atomic E-state index is 13.0. The number of hydrogen-bond donors (Lipinski definition) is 1. The van der Waals surface area contributed by atoms with Crippen LogP contribution in [0.3, 0.4) is 0 Å². The lowest BCUT2D eigenvalue weighted by Crippen LogP contribution is -2.29. The zero-order chi connectivity index (χ0) is 18.1. The van der Waals surface area contributed by atoms with Crippen LogP contribution >= 0.6 is 0 Å². The lowest BCUT2D eigenvalue weighted by molar-refractivity contribution is -0.124. The van der Waals surface area contributed by atoms with Gasteiger partial charge in [-0.1, -0.05) is 18.2 Å². The van der Waals surface area contributed by atoms with E-state index in [-0.39, 0.29) is 10.8 Å². The minimum atomic E-state index is -3.62. The van der Waals surface area contributed by atoms with Crippen LogP contribution in [-0.4, -0.2) is 33.6 Å². The smallest absolute Gasteiger partial charge is 0.264 e. The second kappa shape index (κ2) is 6.74. The quantitative estimate of drug-likeness (QED) is 0.895. The first-order valence-electron chi connectivity index (χ1n) is 8.69. The normalized spacial score (nSPS) is 19.4. The molecule has 2 aromatic rings. The molecule has 7 heteroatoms. The molecule has 1 amide bonds. The van der Waals surface area contributed by atoms with Gasteiger partial charge >= 0.3 is 0 Å². The molecule has 2 aliphatic heterocycles. The molecule has 0 spiro atoms. The standard InChI is InChI=1S/C19H20N2O4S/c22-19(18-6-3-13-25-18)20-15-7-9-16(10-8-15)26(23,24)21-12-11-14-4-1-2-5-17(14)21/h1-2,4-5,7-10,18H,3,6,11-13H2,(H,20,22)/t18-/m0/s1. The van der Waals surface area contributed by atoms with Crippen molar-refractivity contribution in [3.63, 3.8) is 0 Å². The number of rotatable bonds is 4. The van der Waals surface area contributed by atoms with Crippen molar-refractivity contribution in [3.05, 3.63) is 54.1 Å². The van der Waals surface area contributed by atoms with Crippen LogP contribution in [0.5, 0.6) is 0 Å². The van der Waals surface area contributed by atoms with E-state index in [1.165, 1.54) is 16.4 Å². The van der Waals surface area contributed by atoms with E-state index < -0.39 is 16.1 Å². The molecule has 1 fully saturated rings. The minimum absolute atomic E-state index is 0.188. The Morgan fingerprint density at radius 2 is 1.88 bits per heavy atom. The largest absolute Gasteiger partial charge is 0.368 e. The van der Waals surface area contributed by atoms with Crippen LogP contribution in [0.1, 0.15) is 18.4 Å². The molecule has 0 radical (unpaired) electrons. The molecule has 0 aromatic heterocycles. The first-order valence-corrected chi connectivity index (χ1v) is 10.1. The van der Waals surface area contributed by atoms with Gasteiger partial charge in [0.25, 0.3) is 15.9 Å². The molecule has 6 nitrogen and oxygen atoms in total. The van der Waals surface area contributed by atoms with Crippen molar-refractivity contribution in [2.75, 3.05) is 22.8 Å². The number of amides is 1. The third kappa shape index (κ3) is 3.08. The number of para-hydroxylation sites is 1.